The van der Waals surface area contributed by atoms with Crippen molar-refractivity contribution in [3.63, 3.8) is 0 Å². The lowest BCUT2D eigenvalue weighted by molar-refractivity contribution is 0.621. The van der Waals surface area contributed by atoms with Crippen LogP contribution in [0.1, 0.15) is 28.2 Å². The summed E-state index contributed by atoms with van der Waals surface area (Å²) < 4.78 is 13.2. The minimum absolute atomic E-state index is 0.187. The summed E-state index contributed by atoms with van der Waals surface area (Å²) in [6, 6.07) is 13.3. The Morgan fingerprint density at radius 3 is 2.42 bits per heavy atom. The highest BCUT2D eigenvalue weighted by Crippen LogP contribution is 2.25. The molecule has 2 N–H and O–H groups in total. The van der Waals surface area contributed by atoms with Gasteiger partial charge in [-0.2, -0.15) is 0 Å². The molecule has 19 heavy (non-hydrogen) atoms. The average Bonchev–Trinajstić information content (AvgIpc) is 2.39. The number of halogens is 1. The summed E-state index contributed by atoms with van der Waals surface area (Å²) in [4.78, 5) is 0. The van der Waals surface area contributed by atoms with Gasteiger partial charge in [-0.25, -0.2) is 4.39 Å². The van der Waals surface area contributed by atoms with Crippen LogP contribution >= 0.6 is 0 Å². The summed E-state index contributed by atoms with van der Waals surface area (Å²) in [5, 5.41) is 0. The van der Waals surface area contributed by atoms with E-state index in [2.05, 4.69) is 19.1 Å². The first kappa shape index (κ1) is 13.8. The van der Waals surface area contributed by atoms with Crippen molar-refractivity contribution in [3.8, 4) is 0 Å². The van der Waals surface area contributed by atoms with Crippen LogP contribution < -0.4 is 5.73 Å². The third-order valence-electron chi connectivity index (χ3n) is 3.68. The van der Waals surface area contributed by atoms with Crippen LogP contribution in [-0.2, 0) is 6.42 Å². The monoisotopic (exact) mass is 257 g/mol. The molecule has 2 aromatic rings. The highest BCUT2D eigenvalue weighted by atomic mass is 19.1. The van der Waals surface area contributed by atoms with E-state index in [1.54, 1.807) is 6.07 Å². The highest BCUT2D eigenvalue weighted by molar-refractivity contribution is 5.34. The van der Waals surface area contributed by atoms with Crippen LogP contribution in [0.15, 0.2) is 42.5 Å². The Morgan fingerprint density at radius 2 is 1.79 bits per heavy atom. The minimum atomic E-state index is -0.187. The van der Waals surface area contributed by atoms with Crippen molar-refractivity contribution in [1.29, 1.82) is 0 Å². The van der Waals surface area contributed by atoms with E-state index in [1.165, 1.54) is 17.2 Å². The van der Waals surface area contributed by atoms with Gasteiger partial charge in [-0.3, -0.25) is 0 Å². The second-order valence-corrected chi connectivity index (χ2v) is 5.06. The molecule has 1 nitrogen and oxygen atoms in total. The van der Waals surface area contributed by atoms with Crippen LogP contribution in [0.3, 0.4) is 0 Å². The van der Waals surface area contributed by atoms with E-state index in [0.717, 1.165) is 17.5 Å². The number of aryl methyl sites for hydroxylation is 2. The predicted molar refractivity (Wildman–Crippen MR) is 77.8 cm³/mol. The molecule has 0 amide bonds. The van der Waals surface area contributed by atoms with Gasteiger partial charge in [0.15, 0.2) is 0 Å². The SMILES string of the molecule is Cc1ccccc1C[C@@H](CN)c1ccc(F)cc1C. The van der Waals surface area contributed by atoms with Crippen molar-refractivity contribution in [3.05, 3.63) is 70.5 Å². The summed E-state index contributed by atoms with van der Waals surface area (Å²) in [5.74, 6) is 0.0506. The van der Waals surface area contributed by atoms with Crippen molar-refractivity contribution in [2.45, 2.75) is 26.2 Å². The Labute approximate surface area is 114 Å². The lowest BCUT2D eigenvalue weighted by Crippen LogP contribution is -2.16. The van der Waals surface area contributed by atoms with Crippen molar-refractivity contribution in [2.24, 2.45) is 5.73 Å². The molecule has 0 spiro atoms. The lowest BCUT2D eigenvalue weighted by atomic mass is 9.88. The molecule has 0 saturated heterocycles. The Bertz CT molecular complexity index is 563. The summed E-state index contributed by atoms with van der Waals surface area (Å²) in [7, 11) is 0. The largest absolute Gasteiger partial charge is 0.330 e. The fourth-order valence-corrected chi connectivity index (χ4v) is 2.52. The van der Waals surface area contributed by atoms with Gasteiger partial charge in [0.25, 0.3) is 0 Å². The van der Waals surface area contributed by atoms with Crippen molar-refractivity contribution in [2.75, 3.05) is 6.54 Å². The van der Waals surface area contributed by atoms with Crippen molar-refractivity contribution >= 4 is 0 Å². The van der Waals surface area contributed by atoms with Gasteiger partial charge in [0.05, 0.1) is 0 Å². The smallest absolute Gasteiger partial charge is 0.123 e. The number of hydrogen-bond acceptors (Lipinski definition) is 1. The summed E-state index contributed by atoms with van der Waals surface area (Å²) in [6.07, 6.45) is 0.898. The first-order valence-corrected chi connectivity index (χ1v) is 6.62. The lowest BCUT2D eigenvalue weighted by Gasteiger charge is -2.19. The quantitative estimate of drug-likeness (QED) is 0.887. The van der Waals surface area contributed by atoms with Crippen LogP contribution in [0.4, 0.5) is 4.39 Å². The number of benzene rings is 2. The van der Waals surface area contributed by atoms with E-state index in [-0.39, 0.29) is 11.7 Å². The Balaban J connectivity index is 2.28. The Morgan fingerprint density at radius 1 is 1.05 bits per heavy atom. The van der Waals surface area contributed by atoms with Crippen LogP contribution in [0.2, 0.25) is 0 Å². The summed E-state index contributed by atoms with van der Waals surface area (Å²) >= 11 is 0. The van der Waals surface area contributed by atoms with Gasteiger partial charge in [0.2, 0.25) is 0 Å². The molecule has 0 aliphatic rings. The van der Waals surface area contributed by atoms with Crippen molar-refractivity contribution < 1.29 is 4.39 Å². The molecule has 2 aromatic carbocycles. The highest BCUT2D eigenvalue weighted by Gasteiger charge is 2.14. The summed E-state index contributed by atoms with van der Waals surface area (Å²) in [6.45, 7) is 4.63. The third-order valence-corrected chi connectivity index (χ3v) is 3.68. The van der Waals surface area contributed by atoms with Crippen LogP contribution in [0, 0.1) is 19.7 Å². The maximum Gasteiger partial charge on any atom is 0.123 e. The van der Waals surface area contributed by atoms with E-state index in [0.29, 0.717) is 6.54 Å². The summed E-state index contributed by atoms with van der Waals surface area (Å²) in [5.41, 5.74) is 10.6. The first-order valence-electron chi connectivity index (χ1n) is 6.62. The van der Waals surface area contributed by atoms with Gasteiger partial charge >= 0.3 is 0 Å². The number of hydrogen-bond donors (Lipinski definition) is 1. The van der Waals surface area contributed by atoms with Crippen LogP contribution in [-0.4, -0.2) is 6.54 Å². The molecule has 0 aliphatic carbocycles. The average molecular weight is 257 g/mol. The van der Waals surface area contributed by atoms with E-state index in [1.807, 2.05) is 25.1 Å². The standard InChI is InChI=1S/C17H20FN/c1-12-5-3-4-6-14(12)10-15(11-19)17-8-7-16(18)9-13(17)2/h3-9,15H,10-11,19H2,1-2H3/t15-/m0/s1. The number of rotatable bonds is 4. The zero-order valence-electron chi connectivity index (χ0n) is 11.5. The first-order chi connectivity index (χ1) is 9.11. The molecule has 0 fully saturated rings. The molecule has 100 valence electrons. The fraction of sp³-hybridized carbons (Fsp3) is 0.294. The van der Waals surface area contributed by atoms with E-state index < -0.39 is 0 Å². The normalized spacial score (nSPS) is 12.4. The van der Waals surface area contributed by atoms with Crippen molar-refractivity contribution in [1.82, 2.24) is 0 Å². The molecular weight excluding hydrogens is 237 g/mol. The second kappa shape index (κ2) is 5.98. The molecule has 1 atom stereocenters. The van der Waals surface area contributed by atoms with Gasteiger partial charge in [0, 0.05) is 5.92 Å². The molecule has 0 radical (unpaired) electrons. The second-order valence-electron chi connectivity index (χ2n) is 5.06. The van der Waals surface area contributed by atoms with Gasteiger partial charge in [-0.05, 0) is 61.2 Å². The van der Waals surface area contributed by atoms with Gasteiger partial charge in [-0.1, -0.05) is 30.3 Å². The maximum atomic E-state index is 13.2. The van der Waals surface area contributed by atoms with E-state index in [4.69, 9.17) is 5.73 Å². The molecule has 0 aromatic heterocycles. The van der Waals surface area contributed by atoms with Crippen LogP contribution in [0.5, 0.6) is 0 Å². The molecular formula is C17H20FN. The predicted octanol–water partition coefficient (Wildman–Crippen LogP) is 3.73. The maximum absolute atomic E-state index is 13.2. The zero-order chi connectivity index (χ0) is 13.8. The third kappa shape index (κ3) is 3.21. The molecule has 0 unspecified atom stereocenters. The van der Waals surface area contributed by atoms with E-state index >= 15 is 0 Å². The Hall–Kier alpha value is -1.67. The molecule has 2 heteroatoms. The molecule has 0 saturated carbocycles. The molecule has 0 bridgehead atoms. The number of nitrogens with two attached hydrogens (primary N) is 1. The topological polar surface area (TPSA) is 26.0 Å². The van der Waals surface area contributed by atoms with Gasteiger partial charge in [-0.15, -0.1) is 0 Å². The van der Waals surface area contributed by atoms with Gasteiger partial charge < -0.3 is 5.73 Å². The zero-order valence-corrected chi connectivity index (χ0v) is 11.5. The molecule has 0 heterocycles. The van der Waals surface area contributed by atoms with E-state index in [9.17, 15) is 4.39 Å². The molecule has 2 rings (SSSR count). The fourth-order valence-electron chi connectivity index (χ4n) is 2.52. The molecule has 0 aliphatic heterocycles. The Kier molecular flexibility index (Phi) is 4.33. The van der Waals surface area contributed by atoms with Gasteiger partial charge in [0.1, 0.15) is 5.82 Å². The minimum Gasteiger partial charge on any atom is -0.330 e. The van der Waals surface area contributed by atoms with Crippen LogP contribution in [0.25, 0.3) is 0 Å².